The monoisotopic (exact) mass is 357 g/mol. The minimum Gasteiger partial charge on any atom is -0.484 e. The van der Waals surface area contributed by atoms with Gasteiger partial charge in [-0.3, -0.25) is 4.79 Å². The first kappa shape index (κ1) is 16.8. The van der Waals surface area contributed by atoms with Crippen LogP contribution in [0.3, 0.4) is 0 Å². The van der Waals surface area contributed by atoms with Gasteiger partial charge in [0.25, 0.3) is 5.91 Å². The zero-order chi connectivity index (χ0) is 18.6. The maximum atomic E-state index is 12.2. The summed E-state index contributed by atoms with van der Waals surface area (Å²) in [7, 11) is 0. The lowest BCUT2D eigenvalue weighted by atomic mass is 10.1. The van der Waals surface area contributed by atoms with Crippen LogP contribution in [-0.4, -0.2) is 21.9 Å². The average molecular weight is 357 g/mol. The first-order valence-electron chi connectivity index (χ1n) is 8.71. The summed E-state index contributed by atoms with van der Waals surface area (Å²) < 4.78 is 7.47. The Kier molecular flexibility index (Phi) is 4.58. The smallest absolute Gasteiger partial charge is 0.262 e. The highest BCUT2D eigenvalue weighted by Gasteiger charge is 2.08. The van der Waals surface area contributed by atoms with Gasteiger partial charge in [-0.1, -0.05) is 30.3 Å². The van der Waals surface area contributed by atoms with Crippen molar-refractivity contribution >= 4 is 17.2 Å². The molecule has 4 rings (SSSR count). The van der Waals surface area contributed by atoms with Crippen LogP contribution >= 0.6 is 0 Å². The maximum absolute atomic E-state index is 12.2. The second kappa shape index (κ2) is 7.33. The molecule has 0 spiro atoms. The molecule has 2 aromatic heterocycles. The zero-order valence-electron chi connectivity index (χ0n) is 14.9. The molecule has 0 aliphatic rings. The molecule has 5 nitrogen and oxygen atoms in total. The molecular formula is C22H19N3O2. The topological polar surface area (TPSA) is 55.6 Å². The summed E-state index contributed by atoms with van der Waals surface area (Å²) in [5.74, 6) is 0.461. The molecule has 27 heavy (non-hydrogen) atoms. The number of aromatic nitrogens is 2. The van der Waals surface area contributed by atoms with Crippen LogP contribution < -0.4 is 10.1 Å². The summed E-state index contributed by atoms with van der Waals surface area (Å²) >= 11 is 0. The highest BCUT2D eigenvalue weighted by molar-refractivity contribution is 5.92. The van der Waals surface area contributed by atoms with E-state index >= 15 is 0 Å². The maximum Gasteiger partial charge on any atom is 0.262 e. The molecule has 134 valence electrons. The van der Waals surface area contributed by atoms with Gasteiger partial charge in [0.15, 0.2) is 6.61 Å². The minimum atomic E-state index is -0.207. The minimum absolute atomic E-state index is 0.0398. The standard InChI is InChI=1S/C22H19N3O2/c1-16-10-11-25-14-20(24-21(25)12-16)17-6-5-7-18(13-17)23-22(26)15-27-19-8-3-2-4-9-19/h2-14H,15H2,1H3,(H,23,26). The SMILES string of the molecule is Cc1ccn2cc(-c3cccc(NC(=O)COc4ccccc4)c3)nc2c1. The molecule has 2 aromatic carbocycles. The number of para-hydroxylation sites is 1. The predicted molar refractivity (Wildman–Crippen MR) is 106 cm³/mol. The number of pyridine rings is 1. The van der Waals surface area contributed by atoms with Crippen LogP contribution in [0.1, 0.15) is 5.56 Å². The number of hydrogen-bond donors (Lipinski definition) is 1. The highest BCUT2D eigenvalue weighted by atomic mass is 16.5. The molecule has 0 atom stereocenters. The van der Waals surface area contributed by atoms with E-state index in [1.54, 1.807) is 0 Å². The Hall–Kier alpha value is -3.60. The molecule has 0 unspecified atom stereocenters. The Balaban J connectivity index is 1.47. The van der Waals surface area contributed by atoms with Gasteiger partial charge in [0.1, 0.15) is 11.4 Å². The van der Waals surface area contributed by atoms with Crippen molar-refractivity contribution in [3.8, 4) is 17.0 Å². The zero-order valence-corrected chi connectivity index (χ0v) is 14.9. The third kappa shape index (κ3) is 3.98. The molecule has 2 heterocycles. The van der Waals surface area contributed by atoms with Crippen LogP contribution in [0.15, 0.2) is 79.1 Å². The van der Waals surface area contributed by atoms with Crippen LogP contribution in [-0.2, 0) is 4.79 Å². The number of imidazole rings is 1. The van der Waals surface area contributed by atoms with Crippen LogP contribution in [0.4, 0.5) is 5.69 Å². The predicted octanol–water partition coefficient (Wildman–Crippen LogP) is 4.33. The van der Waals surface area contributed by atoms with E-state index in [-0.39, 0.29) is 12.5 Å². The fourth-order valence-corrected chi connectivity index (χ4v) is 2.84. The van der Waals surface area contributed by atoms with E-state index in [0.717, 1.165) is 16.9 Å². The van der Waals surface area contributed by atoms with Gasteiger partial charge in [0.2, 0.25) is 0 Å². The summed E-state index contributed by atoms with van der Waals surface area (Å²) in [4.78, 5) is 16.8. The first-order chi connectivity index (χ1) is 13.2. The van der Waals surface area contributed by atoms with E-state index in [0.29, 0.717) is 11.4 Å². The molecule has 0 saturated carbocycles. The van der Waals surface area contributed by atoms with E-state index in [1.165, 1.54) is 5.56 Å². The van der Waals surface area contributed by atoms with Gasteiger partial charge in [0.05, 0.1) is 5.69 Å². The second-order valence-electron chi connectivity index (χ2n) is 6.33. The number of ether oxygens (including phenoxy) is 1. The van der Waals surface area contributed by atoms with E-state index in [2.05, 4.69) is 10.3 Å². The number of aryl methyl sites for hydroxylation is 1. The number of carbonyl (C=O) groups excluding carboxylic acids is 1. The number of carbonyl (C=O) groups is 1. The first-order valence-corrected chi connectivity index (χ1v) is 8.71. The van der Waals surface area contributed by atoms with E-state index < -0.39 is 0 Å². The molecule has 0 aliphatic carbocycles. The van der Waals surface area contributed by atoms with E-state index in [1.807, 2.05) is 90.4 Å². The van der Waals surface area contributed by atoms with E-state index in [9.17, 15) is 4.79 Å². The molecular weight excluding hydrogens is 338 g/mol. The van der Waals surface area contributed by atoms with Crippen molar-refractivity contribution in [2.24, 2.45) is 0 Å². The van der Waals surface area contributed by atoms with Gasteiger partial charge >= 0.3 is 0 Å². The molecule has 0 radical (unpaired) electrons. The molecule has 4 aromatic rings. The molecule has 0 bridgehead atoms. The Morgan fingerprint density at radius 3 is 2.78 bits per heavy atom. The Bertz CT molecular complexity index is 1090. The number of rotatable bonds is 5. The highest BCUT2D eigenvalue weighted by Crippen LogP contribution is 2.23. The summed E-state index contributed by atoms with van der Waals surface area (Å²) in [6, 6.07) is 21.0. The number of anilines is 1. The summed E-state index contributed by atoms with van der Waals surface area (Å²) in [5.41, 5.74) is 4.58. The van der Waals surface area contributed by atoms with Gasteiger partial charge in [0, 0.05) is 23.6 Å². The summed E-state index contributed by atoms with van der Waals surface area (Å²) in [6.45, 7) is 2.00. The van der Waals surface area contributed by atoms with Gasteiger partial charge in [-0.2, -0.15) is 0 Å². The van der Waals surface area contributed by atoms with Crippen molar-refractivity contribution in [1.82, 2.24) is 9.38 Å². The largest absolute Gasteiger partial charge is 0.484 e. The molecule has 5 heteroatoms. The van der Waals surface area contributed by atoms with Crippen molar-refractivity contribution in [1.29, 1.82) is 0 Å². The molecule has 0 saturated heterocycles. The van der Waals surface area contributed by atoms with Gasteiger partial charge in [-0.25, -0.2) is 4.98 Å². The van der Waals surface area contributed by atoms with Gasteiger partial charge in [-0.15, -0.1) is 0 Å². The molecule has 1 N–H and O–H groups in total. The third-order valence-electron chi connectivity index (χ3n) is 4.17. The fourth-order valence-electron chi connectivity index (χ4n) is 2.84. The lowest BCUT2D eigenvalue weighted by Gasteiger charge is -2.08. The Labute approximate surface area is 157 Å². The summed E-state index contributed by atoms with van der Waals surface area (Å²) in [5, 5.41) is 2.87. The van der Waals surface area contributed by atoms with Crippen molar-refractivity contribution < 1.29 is 9.53 Å². The van der Waals surface area contributed by atoms with Crippen molar-refractivity contribution in [2.45, 2.75) is 6.92 Å². The number of hydrogen-bond acceptors (Lipinski definition) is 3. The fraction of sp³-hybridized carbons (Fsp3) is 0.0909. The Morgan fingerprint density at radius 2 is 1.93 bits per heavy atom. The molecule has 0 aliphatic heterocycles. The lowest BCUT2D eigenvalue weighted by Crippen LogP contribution is -2.20. The van der Waals surface area contributed by atoms with Crippen LogP contribution in [0.5, 0.6) is 5.75 Å². The van der Waals surface area contributed by atoms with Crippen molar-refractivity contribution in [3.63, 3.8) is 0 Å². The molecule has 1 amide bonds. The quantitative estimate of drug-likeness (QED) is 0.578. The van der Waals surface area contributed by atoms with Crippen LogP contribution in [0, 0.1) is 6.92 Å². The number of nitrogens with one attached hydrogen (secondary N) is 1. The molecule has 0 fully saturated rings. The van der Waals surface area contributed by atoms with Crippen LogP contribution in [0.25, 0.3) is 16.9 Å². The normalized spacial score (nSPS) is 10.7. The van der Waals surface area contributed by atoms with Gasteiger partial charge < -0.3 is 14.5 Å². The van der Waals surface area contributed by atoms with Gasteiger partial charge in [-0.05, 0) is 48.9 Å². The number of benzene rings is 2. The third-order valence-corrected chi connectivity index (χ3v) is 4.17. The number of fused-ring (bicyclic) bond motifs is 1. The lowest BCUT2D eigenvalue weighted by molar-refractivity contribution is -0.118. The van der Waals surface area contributed by atoms with E-state index in [4.69, 9.17) is 4.74 Å². The average Bonchev–Trinajstić information content (AvgIpc) is 3.11. The van der Waals surface area contributed by atoms with Crippen molar-refractivity contribution in [2.75, 3.05) is 11.9 Å². The number of amides is 1. The second-order valence-corrected chi connectivity index (χ2v) is 6.33. The summed E-state index contributed by atoms with van der Waals surface area (Å²) in [6.07, 6.45) is 3.97. The number of nitrogens with zero attached hydrogens (tertiary/aromatic N) is 2. The Morgan fingerprint density at radius 1 is 1.07 bits per heavy atom. The van der Waals surface area contributed by atoms with Crippen molar-refractivity contribution in [3.05, 3.63) is 84.7 Å². The van der Waals surface area contributed by atoms with Crippen LogP contribution in [0.2, 0.25) is 0 Å².